The van der Waals surface area contributed by atoms with Gasteiger partial charge in [0.25, 0.3) is 0 Å². The minimum absolute atomic E-state index is 0.421. The molecule has 0 bridgehead atoms. The maximum Gasteiger partial charge on any atom is 0.316 e. The standard InChI is InChI=1S/C16H22N4O/c1-10-5-6-14(20-8-11(2)18-12(3)9-20)13-7-17-16(21-4)19-15(10)13/h5-7,11-12,18H,8-9H2,1-4H3. The molecule has 2 atom stereocenters. The zero-order valence-electron chi connectivity index (χ0n) is 13.1. The number of benzene rings is 1. The number of hydrogen-bond donors (Lipinski definition) is 1. The van der Waals surface area contributed by atoms with Crippen LogP contribution >= 0.6 is 0 Å². The highest BCUT2D eigenvalue weighted by Crippen LogP contribution is 2.29. The van der Waals surface area contributed by atoms with Crippen molar-refractivity contribution < 1.29 is 4.74 Å². The molecule has 1 saturated heterocycles. The van der Waals surface area contributed by atoms with E-state index in [9.17, 15) is 0 Å². The number of ether oxygens (including phenoxy) is 1. The predicted octanol–water partition coefficient (Wildman–Crippen LogP) is 2.13. The first-order valence-electron chi connectivity index (χ1n) is 7.40. The minimum Gasteiger partial charge on any atom is -0.467 e. The second-order valence-electron chi connectivity index (χ2n) is 5.89. The molecule has 1 fully saturated rings. The van der Waals surface area contributed by atoms with Gasteiger partial charge >= 0.3 is 6.01 Å². The zero-order chi connectivity index (χ0) is 15.0. The van der Waals surface area contributed by atoms with Gasteiger partial charge in [-0.25, -0.2) is 4.98 Å². The number of nitrogens with zero attached hydrogens (tertiary/aromatic N) is 3. The Bertz CT molecular complexity index is 648. The number of aryl methyl sites for hydroxylation is 1. The number of methoxy groups -OCH3 is 1. The van der Waals surface area contributed by atoms with Crippen molar-refractivity contribution in [3.8, 4) is 6.01 Å². The predicted molar refractivity (Wildman–Crippen MR) is 85.1 cm³/mol. The molecule has 2 unspecified atom stereocenters. The van der Waals surface area contributed by atoms with Gasteiger partial charge in [-0.1, -0.05) is 6.07 Å². The summed E-state index contributed by atoms with van der Waals surface area (Å²) in [7, 11) is 1.60. The highest BCUT2D eigenvalue weighted by atomic mass is 16.5. The van der Waals surface area contributed by atoms with Crippen LogP contribution in [0.1, 0.15) is 19.4 Å². The van der Waals surface area contributed by atoms with Crippen LogP contribution in [0.4, 0.5) is 5.69 Å². The molecule has 1 aromatic heterocycles. The van der Waals surface area contributed by atoms with Crippen molar-refractivity contribution in [3.05, 3.63) is 23.9 Å². The average Bonchev–Trinajstić information content (AvgIpc) is 2.46. The maximum absolute atomic E-state index is 5.15. The van der Waals surface area contributed by atoms with Gasteiger partial charge in [-0.3, -0.25) is 0 Å². The van der Waals surface area contributed by atoms with Gasteiger partial charge in [-0.05, 0) is 32.4 Å². The van der Waals surface area contributed by atoms with E-state index in [1.165, 1.54) is 5.69 Å². The number of nitrogens with one attached hydrogen (secondary N) is 1. The Hall–Kier alpha value is -1.88. The van der Waals surface area contributed by atoms with Crippen molar-refractivity contribution in [1.29, 1.82) is 0 Å². The van der Waals surface area contributed by atoms with Crippen LogP contribution in [0.2, 0.25) is 0 Å². The van der Waals surface area contributed by atoms with Gasteiger partial charge in [0.1, 0.15) is 0 Å². The smallest absolute Gasteiger partial charge is 0.316 e. The lowest BCUT2D eigenvalue weighted by Gasteiger charge is -2.38. The fraction of sp³-hybridized carbons (Fsp3) is 0.500. The highest BCUT2D eigenvalue weighted by Gasteiger charge is 2.23. The molecule has 2 heterocycles. The van der Waals surface area contributed by atoms with Gasteiger partial charge in [0.15, 0.2) is 0 Å². The minimum atomic E-state index is 0.421. The summed E-state index contributed by atoms with van der Waals surface area (Å²) >= 11 is 0. The van der Waals surface area contributed by atoms with Gasteiger partial charge in [0.2, 0.25) is 0 Å². The lowest BCUT2D eigenvalue weighted by molar-refractivity contribution is 0.381. The summed E-state index contributed by atoms with van der Waals surface area (Å²) in [5, 5.41) is 4.66. The topological polar surface area (TPSA) is 50.3 Å². The molecule has 0 aliphatic carbocycles. The van der Waals surface area contributed by atoms with Gasteiger partial charge in [0, 0.05) is 42.4 Å². The van der Waals surface area contributed by atoms with Crippen LogP contribution in [0.25, 0.3) is 10.9 Å². The Kier molecular flexibility index (Phi) is 3.68. The van der Waals surface area contributed by atoms with Crippen LogP contribution in [-0.4, -0.2) is 42.3 Å². The maximum atomic E-state index is 5.15. The number of piperazine rings is 1. The van der Waals surface area contributed by atoms with Crippen molar-refractivity contribution in [2.45, 2.75) is 32.9 Å². The second kappa shape index (κ2) is 5.48. The number of anilines is 1. The Morgan fingerprint density at radius 2 is 1.95 bits per heavy atom. The van der Waals surface area contributed by atoms with Gasteiger partial charge < -0.3 is 15.0 Å². The fourth-order valence-corrected chi connectivity index (χ4v) is 3.12. The first-order chi connectivity index (χ1) is 10.1. The van der Waals surface area contributed by atoms with Crippen LogP contribution < -0.4 is 15.0 Å². The third-order valence-electron chi connectivity index (χ3n) is 3.99. The summed E-state index contributed by atoms with van der Waals surface area (Å²) in [5.41, 5.74) is 3.32. The number of rotatable bonds is 2. The SMILES string of the molecule is COc1ncc2c(N3CC(C)NC(C)C3)ccc(C)c2n1. The lowest BCUT2D eigenvalue weighted by atomic mass is 10.1. The first-order valence-corrected chi connectivity index (χ1v) is 7.40. The molecular weight excluding hydrogens is 264 g/mol. The van der Waals surface area contributed by atoms with E-state index in [-0.39, 0.29) is 0 Å². The van der Waals surface area contributed by atoms with Crippen LogP contribution in [0.15, 0.2) is 18.3 Å². The summed E-state index contributed by atoms with van der Waals surface area (Å²) in [4.78, 5) is 11.2. The molecule has 0 saturated carbocycles. The molecule has 1 aliphatic rings. The molecule has 0 spiro atoms. The quantitative estimate of drug-likeness (QED) is 0.916. The normalized spacial score (nSPS) is 22.6. The molecule has 0 radical (unpaired) electrons. The molecular formula is C16H22N4O. The molecule has 3 rings (SSSR count). The van der Waals surface area contributed by atoms with E-state index < -0.39 is 0 Å². The summed E-state index contributed by atoms with van der Waals surface area (Å²) in [6.45, 7) is 8.50. The van der Waals surface area contributed by atoms with Crippen molar-refractivity contribution >= 4 is 16.6 Å². The Morgan fingerprint density at radius 1 is 1.24 bits per heavy atom. The summed E-state index contributed by atoms with van der Waals surface area (Å²) in [6, 6.07) is 5.68. The van der Waals surface area contributed by atoms with E-state index >= 15 is 0 Å². The number of hydrogen-bond acceptors (Lipinski definition) is 5. The summed E-state index contributed by atoms with van der Waals surface area (Å²) < 4.78 is 5.15. The number of aromatic nitrogens is 2. The highest BCUT2D eigenvalue weighted by molar-refractivity contribution is 5.93. The largest absolute Gasteiger partial charge is 0.467 e. The molecule has 5 heteroatoms. The van der Waals surface area contributed by atoms with Crippen LogP contribution in [0, 0.1) is 6.92 Å². The van der Waals surface area contributed by atoms with Gasteiger partial charge in [0.05, 0.1) is 12.6 Å². The van der Waals surface area contributed by atoms with Crippen molar-refractivity contribution in [2.24, 2.45) is 0 Å². The van der Waals surface area contributed by atoms with Gasteiger partial charge in [-0.2, -0.15) is 4.98 Å². The third-order valence-corrected chi connectivity index (χ3v) is 3.99. The Labute approximate surface area is 125 Å². The van der Waals surface area contributed by atoms with Crippen molar-refractivity contribution in [3.63, 3.8) is 0 Å². The second-order valence-corrected chi connectivity index (χ2v) is 5.89. The Balaban J connectivity index is 2.08. The lowest BCUT2D eigenvalue weighted by Crippen LogP contribution is -2.54. The molecule has 2 aromatic rings. The number of fused-ring (bicyclic) bond motifs is 1. The Morgan fingerprint density at radius 3 is 2.62 bits per heavy atom. The van der Waals surface area contributed by atoms with E-state index in [1.807, 2.05) is 6.20 Å². The fourth-order valence-electron chi connectivity index (χ4n) is 3.12. The molecule has 1 N–H and O–H groups in total. The zero-order valence-corrected chi connectivity index (χ0v) is 13.1. The van der Waals surface area contributed by atoms with Crippen LogP contribution in [0.5, 0.6) is 6.01 Å². The van der Waals surface area contributed by atoms with Gasteiger partial charge in [-0.15, -0.1) is 0 Å². The van der Waals surface area contributed by atoms with Crippen LogP contribution in [0.3, 0.4) is 0 Å². The molecule has 1 aromatic carbocycles. The van der Waals surface area contributed by atoms with E-state index in [0.29, 0.717) is 18.1 Å². The summed E-state index contributed by atoms with van der Waals surface area (Å²) in [6.07, 6.45) is 1.88. The van der Waals surface area contributed by atoms with E-state index in [4.69, 9.17) is 4.74 Å². The monoisotopic (exact) mass is 286 g/mol. The van der Waals surface area contributed by atoms with Crippen LogP contribution in [-0.2, 0) is 0 Å². The van der Waals surface area contributed by atoms with E-state index in [0.717, 1.165) is 29.6 Å². The molecule has 112 valence electrons. The van der Waals surface area contributed by atoms with E-state index in [1.54, 1.807) is 7.11 Å². The van der Waals surface area contributed by atoms with E-state index in [2.05, 4.69) is 53.1 Å². The molecule has 5 nitrogen and oxygen atoms in total. The third kappa shape index (κ3) is 2.65. The summed E-state index contributed by atoms with van der Waals surface area (Å²) in [5.74, 6) is 0. The first kappa shape index (κ1) is 14.1. The average molecular weight is 286 g/mol. The molecule has 1 aliphatic heterocycles. The molecule has 0 amide bonds. The molecule has 21 heavy (non-hydrogen) atoms. The van der Waals surface area contributed by atoms with Crippen molar-refractivity contribution in [2.75, 3.05) is 25.1 Å². The van der Waals surface area contributed by atoms with Crippen molar-refractivity contribution in [1.82, 2.24) is 15.3 Å².